The van der Waals surface area contributed by atoms with Crippen molar-refractivity contribution in [2.45, 2.75) is 70.4 Å². The molecule has 1 atom stereocenters. The van der Waals surface area contributed by atoms with Crippen molar-refractivity contribution in [2.24, 2.45) is 4.99 Å². The molecule has 7 heteroatoms. The predicted octanol–water partition coefficient (Wildman–Crippen LogP) is 2.59. The lowest BCUT2D eigenvalue weighted by atomic mass is 9.84. The Balaban J connectivity index is 0.00000300. The van der Waals surface area contributed by atoms with Crippen LogP contribution in [-0.4, -0.2) is 98.2 Å². The summed E-state index contributed by atoms with van der Waals surface area (Å²) in [6.45, 7) is 14.6. The van der Waals surface area contributed by atoms with Crippen LogP contribution in [0, 0.1) is 0 Å². The van der Waals surface area contributed by atoms with E-state index in [0.29, 0.717) is 6.04 Å². The van der Waals surface area contributed by atoms with E-state index >= 15 is 0 Å². The largest absolute Gasteiger partial charge is 0.357 e. The number of likely N-dealkylation sites (N-methyl/N-ethyl adjacent to an activating group) is 1. The van der Waals surface area contributed by atoms with E-state index in [1.165, 1.54) is 77.7 Å². The Morgan fingerprint density at radius 3 is 2.34 bits per heavy atom. The number of nitrogens with one attached hydrogen (secondary N) is 2. The van der Waals surface area contributed by atoms with Crippen LogP contribution in [0.25, 0.3) is 0 Å². The highest BCUT2D eigenvalue weighted by molar-refractivity contribution is 14.0. The van der Waals surface area contributed by atoms with Crippen LogP contribution >= 0.6 is 24.0 Å². The van der Waals surface area contributed by atoms with Gasteiger partial charge in [-0.3, -0.25) is 14.8 Å². The summed E-state index contributed by atoms with van der Waals surface area (Å²) in [5.41, 5.74) is 0.262. The SMILES string of the molecule is CCNC(=NCC1(N2CCCCC2)CCN(C)CC1)NCC1CCCN1CC.I. The van der Waals surface area contributed by atoms with Crippen LogP contribution in [0.4, 0.5) is 0 Å². The number of piperidine rings is 2. The van der Waals surface area contributed by atoms with Crippen LogP contribution in [0.3, 0.4) is 0 Å². The molecule has 3 saturated heterocycles. The monoisotopic (exact) mass is 520 g/mol. The molecule has 3 aliphatic heterocycles. The molecule has 0 aliphatic carbocycles. The Morgan fingerprint density at radius 2 is 1.69 bits per heavy atom. The zero-order valence-electron chi connectivity index (χ0n) is 19.1. The van der Waals surface area contributed by atoms with Gasteiger partial charge in [0.25, 0.3) is 0 Å². The smallest absolute Gasteiger partial charge is 0.191 e. The first-order valence-corrected chi connectivity index (χ1v) is 11.9. The minimum Gasteiger partial charge on any atom is -0.357 e. The van der Waals surface area contributed by atoms with Gasteiger partial charge >= 0.3 is 0 Å². The maximum absolute atomic E-state index is 5.14. The number of likely N-dealkylation sites (tertiary alicyclic amines) is 3. The van der Waals surface area contributed by atoms with E-state index in [1.807, 2.05) is 0 Å². The summed E-state index contributed by atoms with van der Waals surface area (Å²) < 4.78 is 0. The van der Waals surface area contributed by atoms with E-state index in [-0.39, 0.29) is 29.5 Å². The molecular weight excluding hydrogens is 475 g/mol. The minimum atomic E-state index is 0. The number of halogens is 1. The second-order valence-electron chi connectivity index (χ2n) is 9.08. The van der Waals surface area contributed by atoms with Gasteiger partial charge in [0.1, 0.15) is 0 Å². The Labute approximate surface area is 196 Å². The van der Waals surface area contributed by atoms with E-state index in [1.54, 1.807) is 0 Å². The predicted molar refractivity (Wildman–Crippen MR) is 135 cm³/mol. The maximum atomic E-state index is 5.14. The van der Waals surface area contributed by atoms with Crippen molar-refractivity contribution in [3.8, 4) is 0 Å². The van der Waals surface area contributed by atoms with Gasteiger partial charge in [0.15, 0.2) is 5.96 Å². The Hall–Kier alpha value is -0.120. The van der Waals surface area contributed by atoms with E-state index in [4.69, 9.17) is 4.99 Å². The lowest BCUT2D eigenvalue weighted by Crippen LogP contribution is -2.58. The molecule has 0 radical (unpaired) electrons. The molecule has 3 aliphatic rings. The molecule has 29 heavy (non-hydrogen) atoms. The lowest BCUT2D eigenvalue weighted by molar-refractivity contribution is 0.0208. The first-order chi connectivity index (χ1) is 13.7. The minimum absolute atomic E-state index is 0. The zero-order chi connectivity index (χ0) is 19.8. The highest BCUT2D eigenvalue weighted by Crippen LogP contribution is 2.31. The van der Waals surface area contributed by atoms with Crippen LogP contribution in [-0.2, 0) is 0 Å². The molecular formula is C22H45IN6. The van der Waals surface area contributed by atoms with Gasteiger partial charge in [-0.05, 0) is 91.8 Å². The maximum Gasteiger partial charge on any atom is 0.191 e. The van der Waals surface area contributed by atoms with Gasteiger partial charge in [-0.25, -0.2) is 0 Å². The van der Waals surface area contributed by atoms with Gasteiger partial charge in [0.05, 0.1) is 6.54 Å². The normalized spacial score (nSPS) is 26.9. The topological polar surface area (TPSA) is 46.1 Å². The Morgan fingerprint density at radius 1 is 0.966 bits per heavy atom. The third-order valence-electron chi connectivity index (χ3n) is 7.23. The van der Waals surface area contributed by atoms with Crippen molar-refractivity contribution in [3.63, 3.8) is 0 Å². The first kappa shape index (κ1) is 25.1. The quantitative estimate of drug-likeness (QED) is 0.307. The lowest BCUT2D eigenvalue weighted by Gasteiger charge is -2.49. The summed E-state index contributed by atoms with van der Waals surface area (Å²) in [7, 11) is 2.26. The average Bonchev–Trinajstić information content (AvgIpc) is 3.20. The van der Waals surface area contributed by atoms with Crippen molar-refractivity contribution in [2.75, 3.05) is 66.0 Å². The van der Waals surface area contributed by atoms with Gasteiger partial charge < -0.3 is 15.5 Å². The van der Waals surface area contributed by atoms with Gasteiger partial charge in [0.2, 0.25) is 0 Å². The molecule has 3 fully saturated rings. The zero-order valence-corrected chi connectivity index (χ0v) is 21.4. The molecule has 0 aromatic heterocycles. The fourth-order valence-corrected chi connectivity index (χ4v) is 5.30. The van der Waals surface area contributed by atoms with Crippen molar-refractivity contribution >= 4 is 29.9 Å². The van der Waals surface area contributed by atoms with Crippen LogP contribution < -0.4 is 10.6 Å². The van der Waals surface area contributed by atoms with Gasteiger partial charge in [-0.2, -0.15) is 0 Å². The van der Waals surface area contributed by atoms with Crippen molar-refractivity contribution in [1.29, 1.82) is 0 Å². The number of hydrogen-bond acceptors (Lipinski definition) is 4. The molecule has 0 amide bonds. The summed E-state index contributed by atoms with van der Waals surface area (Å²) in [6, 6.07) is 0.660. The number of rotatable bonds is 7. The van der Waals surface area contributed by atoms with Crippen molar-refractivity contribution < 1.29 is 0 Å². The van der Waals surface area contributed by atoms with Crippen LogP contribution in [0.2, 0.25) is 0 Å². The standard InChI is InChI=1S/C22H44N6.HI/c1-4-23-21(24-18-20-10-9-13-27(20)5-2)25-19-22(11-16-26(3)17-12-22)28-14-7-6-8-15-28;/h20H,4-19H2,1-3H3,(H2,23,24,25);1H. The molecule has 170 valence electrons. The number of nitrogens with zero attached hydrogens (tertiary/aromatic N) is 4. The summed E-state index contributed by atoms with van der Waals surface area (Å²) in [5, 5.41) is 7.16. The van der Waals surface area contributed by atoms with Gasteiger partial charge in [-0.1, -0.05) is 13.3 Å². The molecule has 0 bridgehead atoms. The molecule has 3 rings (SSSR count). The van der Waals surface area contributed by atoms with E-state index in [9.17, 15) is 0 Å². The fourth-order valence-electron chi connectivity index (χ4n) is 5.30. The molecule has 2 N–H and O–H groups in total. The summed E-state index contributed by atoms with van der Waals surface area (Å²) >= 11 is 0. The highest BCUT2D eigenvalue weighted by atomic mass is 127. The van der Waals surface area contributed by atoms with E-state index < -0.39 is 0 Å². The molecule has 1 unspecified atom stereocenters. The fraction of sp³-hybridized carbons (Fsp3) is 0.955. The van der Waals surface area contributed by atoms with Gasteiger partial charge in [-0.15, -0.1) is 24.0 Å². The number of guanidine groups is 1. The Bertz CT molecular complexity index is 486. The Kier molecular flexibility index (Phi) is 11.0. The molecule has 0 spiro atoms. The molecule has 3 heterocycles. The number of aliphatic imine (C=N–C) groups is 1. The molecule has 0 saturated carbocycles. The van der Waals surface area contributed by atoms with Crippen LogP contribution in [0.5, 0.6) is 0 Å². The molecule has 0 aromatic carbocycles. The van der Waals surface area contributed by atoms with Crippen LogP contribution in [0.15, 0.2) is 4.99 Å². The van der Waals surface area contributed by atoms with E-state index in [2.05, 4.69) is 46.2 Å². The molecule has 6 nitrogen and oxygen atoms in total. The summed E-state index contributed by atoms with van der Waals surface area (Å²) in [4.78, 5) is 13.0. The third-order valence-corrected chi connectivity index (χ3v) is 7.23. The van der Waals surface area contributed by atoms with Crippen LogP contribution in [0.1, 0.15) is 58.8 Å². The molecule has 0 aromatic rings. The summed E-state index contributed by atoms with van der Waals surface area (Å²) in [6.07, 6.45) is 9.25. The second kappa shape index (κ2) is 12.7. The third kappa shape index (κ3) is 6.94. The highest BCUT2D eigenvalue weighted by Gasteiger charge is 2.39. The average molecular weight is 521 g/mol. The van der Waals surface area contributed by atoms with Crippen molar-refractivity contribution in [1.82, 2.24) is 25.3 Å². The summed E-state index contributed by atoms with van der Waals surface area (Å²) in [5.74, 6) is 1.01. The van der Waals surface area contributed by atoms with E-state index in [0.717, 1.165) is 32.1 Å². The van der Waals surface area contributed by atoms with Crippen molar-refractivity contribution in [3.05, 3.63) is 0 Å². The number of hydrogen-bond donors (Lipinski definition) is 2. The van der Waals surface area contributed by atoms with Gasteiger partial charge in [0, 0.05) is 24.7 Å². The first-order valence-electron chi connectivity index (χ1n) is 11.9. The second-order valence-corrected chi connectivity index (χ2v) is 9.08.